The molecule has 0 saturated heterocycles. The normalized spacial score (nSPS) is 10.9. The lowest BCUT2D eigenvalue weighted by molar-refractivity contribution is 0.0698. The first kappa shape index (κ1) is 10.6. The molecule has 0 amide bonds. The lowest BCUT2D eigenvalue weighted by atomic mass is 10.1. The van der Waals surface area contributed by atoms with Crippen LogP contribution in [0.5, 0.6) is 0 Å². The Hall–Kier alpha value is -2.56. The van der Waals surface area contributed by atoms with Crippen LogP contribution < -0.4 is 0 Å². The van der Waals surface area contributed by atoms with Crippen molar-refractivity contribution in [2.75, 3.05) is 0 Å². The van der Waals surface area contributed by atoms with Gasteiger partial charge in [-0.05, 0) is 6.07 Å². The zero-order valence-corrected chi connectivity index (χ0v) is 9.71. The molecule has 0 radical (unpaired) electrons. The number of H-pyrrole nitrogens is 1. The van der Waals surface area contributed by atoms with E-state index in [1.54, 1.807) is 0 Å². The number of aromatic nitrogens is 3. The fourth-order valence-electron chi connectivity index (χ4n) is 2.19. The molecule has 0 aliphatic carbocycles. The molecule has 3 aromatic rings. The Labute approximate surface area is 103 Å². The van der Waals surface area contributed by atoms with Gasteiger partial charge in [-0.15, -0.1) is 0 Å². The number of fused-ring (bicyclic) bond motifs is 1. The number of para-hydroxylation sites is 1. The summed E-state index contributed by atoms with van der Waals surface area (Å²) in [5, 5.41) is 16.7. The minimum Gasteiger partial charge on any atom is -0.478 e. The third-order valence-electron chi connectivity index (χ3n) is 3.04. The molecule has 0 spiro atoms. The topological polar surface area (TPSA) is 70.9 Å². The number of aromatic carboxylic acids is 1. The molecule has 0 unspecified atom stereocenters. The molecule has 2 aromatic heterocycles. The fraction of sp³-hybridized carbons (Fsp3) is 0.0769. The Bertz CT molecular complexity index is 740. The van der Waals surface area contributed by atoms with Gasteiger partial charge in [-0.3, -0.25) is 5.10 Å². The van der Waals surface area contributed by atoms with Crippen molar-refractivity contribution in [2.45, 2.75) is 0 Å². The lowest BCUT2D eigenvalue weighted by Gasteiger charge is -1.97. The van der Waals surface area contributed by atoms with E-state index in [9.17, 15) is 4.79 Å². The molecule has 0 atom stereocenters. The Morgan fingerprint density at radius 2 is 2.17 bits per heavy atom. The zero-order valence-electron chi connectivity index (χ0n) is 9.71. The van der Waals surface area contributed by atoms with Gasteiger partial charge >= 0.3 is 5.97 Å². The average Bonchev–Trinajstić information content (AvgIpc) is 2.95. The van der Waals surface area contributed by atoms with Gasteiger partial charge < -0.3 is 9.67 Å². The summed E-state index contributed by atoms with van der Waals surface area (Å²) in [5.41, 5.74) is 2.63. The van der Waals surface area contributed by atoms with E-state index in [-0.39, 0.29) is 5.56 Å². The van der Waals surface area contributed by atoms with Gasteiger partial charge in [-0.2, -0.15) is 5.10 Å². The second kappa shape index (κ2) is 3.73. The van der Waals surface area contributed by atoms with Gasteiger partial charge in [0.2, 0.25) is 0 Å². The van der Waals surface area contributed by atoms with Crippen molar-refractivity contribution in [1.82, 2.24) is 14.8 Å². The molecule has 18 heavy (non-hydrogen) atoms. The molecule has 2 heterocycles. The SMILES string of the molecule is Cn1cc(-c2[nH]ncc2C(=O)O)c2ccccc21. The maximum Gasteiger partial charge on any atom is 0.339 e. The smallest absolute Gasteiger partial charge is 0.339 e. The molecule has 0 fully saturated rings. The minimum atomic E-state index is -0.980. The number of aryl methyl sites for hydroxylation is 1. The fourth-order valence-corrected chi connectivity index (χ4v) is 2.19. The van der Waals surface area contributed by atoms with Gasteiger partial charge in [-0.1, -0.05) is 18.2 Å². The largest absolute Gasteiger partial charge is 0.478 e. The number of hydrogen-bond acceptors (Lipinski definition) is 2. The molecule has 2 N–H and O–H groups in total. The van der Waals surface area contributed by atoms with Crippen molar-refractivity contribution >= 4 is 16.9 Å². The monoisotopic (exact) mass is 241 g/mol. The first-order valence-electron chi connectivity index (χ1n) is 5.49. The molecule has 0 saturated carbocycles. The van der Waals surface area contributed by atoms with E-state index in [0.717, 1.165) is 16.5 Å². The van der Waals surface area contributed by atoms with E-state index in [1.165, 1.54) is 6.20 Å². The first-order valence-corrected chi connectivity index (χ1v) is 5.49. The van der Waals surface area contributed by atoms with Crippen LogP contribution in [0.25, 0.3) is 22.2 Å². The number of carboxylic acids is 1. The van der Waals surface area contributed by atoms with E-state index in [4.69, 9.17) is 5.11 Å². The quantitative estimate of drug-likeness (QED) is 0.723. The average molecular weight is 241 g/mol. The highest BCUT2D eigenvalue weighted by atomic mass is 16.4. The number of carboxylic acid groups (broad SMARTS) is 1. The summed E-state index contributed by atoms with van der Waals surface area (Å²) in [4.78, 5) is 11.1. The summed E-state index contributed by atoms with van der Waals surface area (Å²) in [6.07, 6.45) is 3.24. The number of aromatic amines is 1. The van der Waals surface area contributed by atoms with Gasteiger partial charge in [0, 0.05) is 29.7 Å². The number of benzene rings is 1. The van der Waals surface area contributed by atoms with Crippen LogP contribution in [0.1, 0.15) is 10.4 Å². The number of nitrogens with zero attached hydrogens (tertiary/aromatic N) is 2. The predicted molar refractivity (Wildman–Crippen MR) is 67.5 cm³/mol. The van der Waals surface area contributed by atoms with Crippen molar-refractivity contribution in [3.05, 3.63) is 42.2 Å². The Morgan fingerprint density at radius 3 is 2.94 bits per heavy atom. The summed E-state index contributed by atoms with van der Waals surface area (Å²) in [6.45, 7) is 0. The molecule has 90 valence electrons. The molecule has 0 aliphatic heterocycles. The van der Waals surface area contributed by atoms with Gasteiger partial charge in [0.05, 0.1) is 11.9 Å². The minimum absolute atomic E-state index is 0.186. The van der Waals surface area contributed by atoms with Crippen LogP contribution in [-0.4, -0.2) is 25.8 Å². The van der Waals surface area contributed by atoms with Gasteiger partial charge in [0.25, 0.3) is 0 Å². The van der Waals surface area contributed by atoms with Crippen molar-refractivity contribution in [3.63, 3.8) is 0 Å². The number of hydrogen-bond donors (Lipinski definition) is 2. The summed E-state index contributed by atoms with van der Waals surface area (Å²) in [7, 11) is 1.93. The number of rotatable bonds is 2. The molecule has 5 heteroatoms. The van der Waals surface area contributed by atoms with E-state index in [1.807, 2.05) is 42.1 Å². The summed E-state index contributed by atoms with van der Waals surface area (Å²) in [6, 6.07) is 7.85. The Morgan fingerprint density at radius 1 is 1.39 bits per heavy atom. The van der Waals surface area contributed by atoms with Crippen LogP contribution in [0.15, 0.2) is 36.7 Å². The maximum atomic E-state index is 11.1. The Balaban J connectivity index is 2.32. The van der Waals surface area contributed by atoms with Crippen molar-refractivity contribution in [2.24, 2.45) is 7.05 Å². The first-order chi connectivity index (χ1) is 8.68. The van der Waals surface area contributed by atoms with E-state index in [0.29, 0.717) is 5.69 Å². The van der Waals surface area contributed by atoms with Crippen LogP contribution in [0.2, 0.25) is 0 Å². The van der Waals surface area contributed by atoms with Crippen molar-refractivity contribution in [1.29, 1.82) is 0 Å². The van der Waals surface area contributed by atoms with Gasteiger partial charge in [0.15, 0.2) is 0 Å². The molecule has 5 nitrogen and oxygen atoms in total. The highest BCUT2D eigenvalue weighted by molar-refractivity contribution is 6.02. The zero-order chi connectivity index (χ0) is 12.7. The van der Waals surface area contributed by atoms with Crippen LogP contribution in [0.4, 0.5) is 0 Å². The van der Waals surface area contributed by atoms with Crippen molar-refractivity contribution in [3.8, 4) is 11.3 Å². The molecule has 0 bridgehead atoms. The summed E-state index contributed by atoms with van der Waals surface area (Å²) in [5.74, 6) is -0.980. The maximum absolute atomic E-state index is 11.1. The lowest BCUT2D eigenvalue weighted by Crippen LogP contribution is -1.96. The molecule has 1 aromatic carbocycles. The van der Waals surface area contributed by atoms with Crippen molar-refractivity contribution < 1.29 is 9.90 Å². The second-order valence-corrected chi connectivity index (χ2v) is 4.13. The molecule has 0 aliphatic rings. The van der Waals surface area contributed by atoms with E-state index in [2.05, 4.69) is 10.2 Å². The number of carbonyl (C=O) groups is 1. The van der Waals surface area contributed by atoms with Crippen LogP contribution in [0.3, 0.4) is 0 Å². The highest BCUT2D eigenvalue weighted by Crippen LogP contribution is 2.30. The summed E-state index contributed by atoms with van der Waals surface area (Å²) >= 11 is 0. The third-order valence-corrected chi connectivity index (χ3v) is 3.04. The highest BCUT2D eigenvalue weighted by Gasteiger charge is 2.17. The molecular formula is C13H11N3O2. The standard InChI is InChI=1S/C13H11N3O2/c1-16-7-10(8-4-2-3-5-11(8)16)12-9(13(17)18)6-14-15-12/h2-7H,1H3,(H,14,15)(H,17,18). The summed E-state index contributed by atoms with van der Waals surface area (Å²) < 4.78 is 1.97. The molecular weight excluding hydrogens is 230 g/mol. The van der Waals surface area contributed by atoms with E-state index < -0.39 is 5.97 Å². The van der Waals surface area contributed by atoms with Gasteiger partial charge in [0.1, 0.15) is 5.56 Å². The van der Waals surface area contributed by atoms with E-state index >= 15 is 0 Å². The number of nitrogens with one attached hydrogen (secondary N) is 1. The van der Waals surface area contributed by atoms with Crippen LogP contribution >= 0.6 is 0 Å². The molecule has 3 rings (SSSR count). The third kappa shape index (κ3) is 1.41. The second-order valence-electron chi connectivity index (χ2n) is 4.13. The Kier molecular flexibility index (Phi) is 2.19. The predicted octanol–water partition coefficient (Wildman–Crippen LogP) is 2.27. The van der Waals surface area contributed by atoms with Gasteiger partial charge in [-0.25, -0.2) is 4.79 Å². The van der Waals surface area contributed by atoms with Crippen LogP contribution in [0, 0.1) is 0 Å². The van der Waals surface area contributed by atoms with Crippen LogP contribution in [-0.2, 0) is 7.05 Å².